The predicted molar refractivity (Wildman–Crippen MR) is 304 cm³/mol. The Bertz CT molecular complexity index is 1270. The van der Waals surface area contributed by atoms with Crippen molar-refractivity contribution < 1.29 is 0 Å². The van der Waals surface area contributed by atoms with E-state index in [0.29, 0.717) is 27.1 Å². The highest BCUT2D eigenvalue weighted by Crippen LogP contribution is 2.63. The molecule has 2 bridgehead atoms. The molecule has 5 heterocycles. The summed E-state index contributed by atoms with van der Waals surface area (Å²) in [5.41, 5.74) is 3.83. The van der Waals surface area contributed by atoms with Crippen LogP contribution in [0.1, 0.15) is 279 Å². The third kappa shape index (κ3) is 18.7. The van der Waals surface area contributed by atoms with Crippen molar-refractivity contribution in [3.05, 3.63) is 0 Å². The zero-order valence-electron chi connectivity index (χ0n) is 50.3. The van der Waals surface area contributed by atoms with Crippen LogP contribution < -0.4 is 0 Å². The third-order valence-corrected chi connectivity index (χ3v) is 21.0. The Morgan fingerprint density at radius 3 is 1.07 bits per heavy atom. The molecule has 0 aromatic carbocycles. The van der Waals surface area contributed by atoms with Gasteiger partial charge in [0.05, 0.1) is 0 Å². The van der Waals surface area contributed by atoms with Gasteiger partial charge in [-0.25, -0.2) is 0 Å². The highest BCUT2D eigenvalue weighted by molar-refractivity contribution is 5.03. The fourth-order valence-corrected chi connectivity index (χ4v) is 15.0. The van der Waals surface area contributed by atoms with E-state index in [1.54, 1.807) is 25.7 Å². The zero-order valence-corrected chi connectivity index (χ0v) is 50.3. The van der Waals surface area contributed by atoms with Gasteiger partial charge in [0.25, 0.3) is 0 Å². The summed E-state index contributed by atoms with van der Waals surface area (Å²) in [6.07, 6.45) is 34.1. The molecule has 11 aliphatic rings. The summed E-state index contributed by atoms with van der Waals surface area (Å²) in [6.45, 7) is 54.2. The van der Waals surface area contributed by atoms with Gasteiger partial charge in [-0.05, 0) is 250 Å². The molecule has 5 saturated heterocycles. The standard InChI is InChI=1S/C11H21N.C11H20.C9H16.2C9H18.2C8H17N/c1-10(2,3)11-4-7-12(8-5-11)9-6-11;1-10(2,3)9-7-11(8-9)5-4-6-11;1-6(2)9-7-4-3-5-8(7)9;2*1-9(2,3)8-6-4-5-7-8;1-7(2)9-5-4-8(3)6-9;1-8(2)9-6-4-3-5-7-9/h4-9H2,1-3H3;9H,4-8H2,1-3H3;6-9H,3-5H2,1-2H3;2*8H,4-7H2,1-3H3;7-8H,4-6H2,1-3H3;8H,3-7H2,1-2H3. The largest absolute Gasteiger partial charge is 0.303 e. The molecule has 6 aliphatic carbocycles. The lowest BCUT2D eigenvalue weighted by Crippen LogP contribution is -2.53. The van der Waals surface area contributed by atoms with Crippen LogP contribution in [-0.2, 0) is 0 Å². The van der Waals surface area contributed by atoms with E-state index >= 15 is 0 Å². The molecule has 0 N–H and O–H groups in total. The molecule has 0 radical (unpaired) electrons. The summed E-state index contributed by atoms with van der Waals surface area (Å²) in [7, 11) is 0. The zero-order chi connectivity index (χ0) is 50.7. The van der Waals surface area contributed by atoms with Crippen LogP contribution in [0.5, 0.6) is 0 Å². The fourth-order valence-electron chi connectivity index (χ4n) is 15.0. The Hall–Kier alpha value is -0.120. The molecule has 402 valence electrons. The maximum atomic E-state index is 2.62. The van der Waals surface area contributed by atoms with Gasteiger partial charge in [0.15, 0.2) is 0 Å². The molecule has 11 fully saturated rings. The quantitative estimate of drug-likeness (QED) is 0.279. The van der Waals surface area contributed by atoms with E-state index in [4.69, 9.17) is 0 Å². The highest BCUT2D eigenvalue weighted by atomic mass is 15.2. The SMILES string of the molecule is CC(C)(C)C12CCN(CC1)CC2.CC(C)(C)C1CC2(CCC2)C1.CC(C)(C)C1CCCC1.CC(C)(C)C1CCCC1.CC(C)C1C2CCCC21.CC(C)N1CCCCC1.CC1CCN(C(C)C)C1. The number of rotatable bonds is 3. The van der Waals surface area contributed by atoms with Gasteiger partial charge in [-0.15, -0.1) is 0 Å². The number of fused-ring (bicyclic) bond motifs is 4. The number of hydrogen-bond acceptors (Lipinski definition) is 3. The van der Waals surface area contributed by atoms with E-state index in [1.807, 2.05) is 0 Å². The average Bonchev–Trinajstić information content (AvgIpc) is 3.94. The van der Waals surface area contributed by atoms with Gasteiger partial charge in [0, 0.05) is 18.6 Å². The molecule has 68 heavy (non-hydrogen) atoms. The van der Waals surface area contributed by atoms with E-state index in [9.17, 15) is 0 Å². The molecule has 3 nitrogen and oxygen atoms in total. The van der Waals surface area contributed by atoms with Crippen molar-refractivity contribution in [3.63, 3.8) is 0 Å². The lowest BCUT2D eigenvalue weighted by atomic mass is 9.47. The maximum absolute atomic E-state index is 2.62. The minimum Gasteiger partial charge on any atom is -0.303 e. The van der Waals surface area contributed by atoms with Crippen molar-refractivity contribution in [2.75, 3.05) is 45.8 Å². The summed E-state index contributed by atoms with van der Waals surface area (Å²) in [6, 6.07) is 1.53. The average molecular weight is 951 g/mol. The van der Waals surface area contributed by atoms with Crippen molar-refractivity contribution in [2.45, 2.75) is 291 Å². The predicted octanol–water partition coefficient (Wildman–Crippen LogP) is 18.9. The second-order valence-electron chi connectivity index (χ2n) is 30.9. The monoisotopic (exact) mass is 950 g/mol. The molecule has 0 aromatic heterocycles. The number of likely N-dealkylation sites (tertiary alicyclic amines) is 2. The summed E-state index contributed by atoms with van der Waals surface area (Å²) in [5, 5.41) is 0. The van der Waals surface area contributed by atoms with Crippen molar-refractivity contribution >= 4 is 0 Å². The van der Waals surface area contributed by atoms with E-state index < -0.39 is 0 Å². The first-order chi connectivity index (χ1) is 31.6. The van der Waals surface area contributed by atoms with Gasteiger partial charge in [-0.1, -0.05) is 149 Å². The van der Waals surface area contributed by atoms with Gasteiger partial charge in [-0.3, -0.25) is 0 Å². The highest BCUT2D eigenvalue weighted by Gasteiger charge is 2.53. The van der Waals surface area contributed by atoms with E-state index in [1.165, 1.54) is 180 Å². The molecule has 3 heteroatoms. The van der Waals surface area contributed by atoms with Crippen LogP contribution in [0.2, 0.25) is 0 Å². The Morgan fingerprint density at radius 1 is 0.412 bits per heavy atom. The van der Waals surface area contributed by atoms with Crippen molar-refractivity contribution in [2.24, 2.45) is 79.8 Å². The molecule has 3 atom stereocenters. The number of nitrogens with zero attached hydrogens (tertiary/aromatic N) is 3. The van der Waals surface area contributed by atoms with E-state index in [2.05, 4.69) is 146 Å². The minimum absolute atomic E-state index is 0.527. The molecule has 6 saturated carbocycles. The van der Waals surface area contributed by atoms with Crippen LogP contribution in [0.25, 0.3) is 0 Å². The molecule has 0 amide bonds. The van der Waals surface area contributed by atoms with E-state index in [-0.39, 0.29) is 0 Å². The van der Waals surface area contributed by atoms with Crippen LogP contribution in [0, 0.1) is 79.8 Å². The first-order valence-electron chi connectivity index (χ1n) is 30.8. The molecular formula is C65H127N3. The summed E-state index contributed by atoms with van der Waals surface area (Å²) >= 11 is 0. The lowest BCUT2D eigenvalue weighted by molar-refractivity contribution is -0.0700. The van der Waals surface area contributed by atoms with Crippen molar-refractivity contribution in [1.29, 1.82) is 0 Å². The number of hydrogen-bond donors (Lipinski definition) is 0. The second kappa shape index (κ2) is 26.4. The first kappa shape index (κ1) is 60.4. The lowest BCUT2D eigenvalue weighted by Gasteiger charge is -2.58. The van der Waals surface area contributed by atoms with Crippen LogP contribution in [-0.4, -0.2) is 72.6 Å². The Balaban J connectivity index is 0.000000174. The van der Waals surface area contributed by atoms with Gasteiger partial charge in [0.1, 0.15) is 0 Å². The van der Waals surface area contributed by atoms with E-state index in [0.717, 1.165) is 53.0 Å². The van der Waals surface area contributed by atoms with Gasteiger partial charge < -0.3 is 14.7 Å². The molecule has 0 aromatic rings. The molecule has 5 aliphatic heterocycles. The van der Waals surface area contributed by atoms with Crippen LogP contribution in [0.15, 0.2) is 0 Å². The Labute approximate surface area is 429 Å². The molecule has 3 unspecified atom stereocenters. The molecule has 11 rings (SSSR count). The van der Waals surface area contributed by atoms with Crippen molar-refractivity contribution in [1.82, 2.24) is 14.7 Å². The van der Waals surface area contributed by atoms with Crippen LogP contribution in [0.3, 0.4) is 0 Å². The fraction of sp³-hybridized carbons (Fsp3) is 1.00. The smallest absolute Gasteiger partial charge is 0.00387 e. The maximum Gasteiger partial charge on any atom is 0.00387 e. The van der Waals surface area contributed by atoms with Gasteiger partial charge in [0.2, 0.25) is 0 Å². The summed E-state index contributed by atoms with van der Waals surface area (Å²) in [4.78, 5) is 7.72. The normalized spacial score (nSPS) is 31.6. The Kier molecular flexibility index (Phi) is 23.5. The topological polar surface area (TPSA) is 9.72 Å². The minimum atomic E-state index is 0.527. The third-order valence-electron chi connectivity index (χ3n) is 21.0. The molecule has 1 spiro atoms. The number of piperidine rings is 4. The second-order valence-corrected chi connectivity index (χ2v) is 30.9. The van der Waals surface area contributed by atoms with Crippen LogP contribution >= 0.6 is 0 Å². The van der Waals surface area contributed by atoms with Crippen LogP contribution in [0.4, 0.5) is 0 Å². The first-order valence-corrected chi connectivity index (χ1v) is 30.8. The summed E-state index contributed by atoms with van der Waals surface area (Å²) < 4.78 is 0. The molecular weight excluding hydrogens is 823 g/mol. The van der Waals surface area contributed by atoms with Gasteiger partial charge in [-0.2, -0.15) is 0 Å². The van der Waals surface area contributed by atoms with Gasteiger partial charge >= 0.3 is 0 Å². The Morgan fingerprint density at radius 2 is 0.838 bits per heavy atom. The summed E-state index contributed by atoms with van der Waals surface area (Å²) in [5.74, 6) is 8.44. The van der Waals surface area contributed by atoms with Crippen molar-refractivity contribution in [3.8, 4) is 0 Å².